The minimum atomic E-state index is -3.04. The van der Waals surface area contributed by atoms with Gasteiger partial charge in [-0.25, -0.2) is 18.4 Å². The van der Waals surface area contributed by atoms with Gasteiger partial charge < -0.3 is 5.32 Å². The Morgan fingerprint density at radius 3 is 2.88 bits per heavy atom. The third-order valence-electron chi connectivity index (χ3n) is 3.35. The Labute approximate surface area is 140 Å². The summed E-state index contributed by atoms with van der Waals surface area (Å²) in [4.78, 5) is 17.5. The number of aliphatic imine (C=N–C) groups is 2. The molecule has 7 nitrogen and oxygen atoms in total. The van der Waals surface area contributed by atoms with Crippen molar-refractivity contribution in [1.82, 2.24) is 9.97 Å². The molecule has 0 saturated carbocycles. The maximum absolute atomic E-state index is 11.3. The molecule has 1 aromatic heterocycles. The lowest BCUT2D eigenvalue weighted by Crippen LogP contribution is -2.15. The van der Waals surface area contributed by atoms with Crippen molar-refractivity contribution in [2.45, 2.75) is 0 Å². The lowest BCUT2D eigenvalue weighted by Gasteiger charge is -2.10. The first kappa shape index (κ1) is 16.3. The highest BCUT2D eigenvalue weighted by atomic mass is 32.2. The Morgan fingerprint density at radius 2 is 2.04 bits per heavy atom. The molecule has 0 aliphatic carbocycles. The van der Waals surface area contributed by atoms with E-state index in [-0.39, 0.29) is 12.3 Å². The van der Waals surface area contributed by atoms with Gasteiger partial charge in [0.2, 0.25) is 0 Å². The maximum atomic E-state index is 11.3. The van der Waals surface area contributed by atoms with Gasteiger partial charge >= 0.3 is 0 Å². The summed E-state index contributed by atoms with van der Waals surface area (Å²) in [7, 11) is -3.04. The van der Waals surface area contributed by atoms with E-state index < -0.39 is 9.84 Å². The van der Waals surface area contributed by atoms with Crippen LogP contribution in [0.15, 0.2) is 40.3 Å². The first-order valence-electron chi connectivity index (χ1n) is 7.44. The summed E-state index contributed by atoms with van der Waals surface area (Å²) in [5.74, 6) is 1.10. The number of hydrogen-bond acceptors (Lipinski definition) is 7. The summed E-state index contributed by atoms with van der Waals surface area (Å²) in [6.07, 6.45) is 6.35. The zero-order valence-corrected chi connectivity index (χ0v) is 14.0. The van der Waals surface area contributed by atoms with Crippen molar-refractivity contribution >= 4 is 44.7 Å². The van der Waals surface area contributed by atoms with E-state index in [4.69, 9.17) is 0 Å². The van der Waals surface area contributed by atoms with Crippen LogP contribution in [0.4, 0.5) is 5.82 Å². The van der Waals surface area contributed by atoms with E-state index in [1.165, 1.54) is 6.26 Å². The molecular formula is C16H17N5O2S. The van der Waals surface area contributed by atoms with E-state index in [1.807, 2.05) is 24.3 Å². The molecule has 0 atom stereocenters. The summed E-state index contributed by atoms with van der Waals surface area (Å²) in [6.45, 7) is 0.802. The number of allylic oxidation sites excluding steroid dienone is 1. The molecule has 124 valence electrons. The van der Waals surface area contributed by atoms with Crippen LogP contribution in [-0.4, -0.2) is 55.9 Å². The van der Waals surface area contributed by atoms with Crippen LogP contribution >= 0.6 is 0 Å². The molecule has 24 heavy (non-hydrogen) atoms. The second-order valence-electron chi connectivity index (χ2n) is 5.35. The standard InChI is InChI=1S/C16H17N5O2S/c1-24(22,23)11-10-19-15-12-4-2-3-5-13(12)20-16(21-15)14-6-7-17-8-9-18-14/h2-7,9H,8,10-11H2,1H3,(H,19,20,21). The van der Waals surface area contributed by atoms with Crippen molar-refractivity contribution in [3.8, 4) is 0 Å². The van der Waals surface area contributed by atoms with Crippen LogP contribution in [0.3, 0.4) is 0 Å². The van der Waals surface area contributed by atoms with E-state index in [0.717, 1.165) is 10.9 Å². The topological polar surface area (TPSA) is 96.7 Å². The van der Waals surface area contributed by atoms with Gasteiger partial charge in [-0.2, -0.15) is 0 Å². The Bertz CT molecular complexity index is 948. The van der Waals surface area contributed by atoms with Gasteiger partial charge in [0, 0.05) is 30.6 Å². The molecule has 0 radical (unpaired) electrons. The van der Waals surface area contributed by atoms with E-state index in [0.29, 0.717) is 23.9 Å². The number of para-hydroxylation sites is 1. The highest BCUT2D eigenvalue weighted by molar-refractivity contribution is 7.90. The van der Waals surface area contributed by atoms with E-state index in [1.54, 1.807) is 18.5 Å². The fourth-order valence-corrected chi connectivity index (χ4v) is 2.70. The number of nitrogens with one attached hydrogen (secondary N) is 1. The number of hydrogen-bond donors (Lipinski definition) is 1. The quantitative estimate of drug-likeness (QED) is 0.889. The maximum Gasteiger partial charge on any atom is 0.180 e. The van der Waals surface area contributed by atoms with Crippen LogP contribution in [0, 0.1) is 0 Å². The van der Waals surface area contributed by atoms with Gasteiger partial charge in [-0.1, -0.05) is 12.1 Å². The van der Waals surface area contributed by atoms with Crippen LogP contribution in [0.1, 0.15) is 5.82 Å². The van der Waals surface area contributed by atoms with Gasteiger partial charge in [-0.15, -0.1) is 0 Å². The fraction of sp³-hybridized carbons (Fsp3) is 0.250. The largest absolute Gasteiger partial charge is 0.368 e. The summed E-state index contributed by atoms with van der Waals surface area (Å²) in [5, 5.41) is 3.93. The zero-order chi connectivity index (χ0) is 17.0. The summed E-state index contributed by atoms with van der Waals surface area (Å²) < 4.78 is 22.6. The van der Waals surface area contributed by atoms with Crippen LogP contribution in [0.5, 0.6) is 0 Å². The Balaban J connectivity index is 1.99. The zero-order valence-electron chi connectivity index (χ0n) is 13.2. The minimum Gasteiger partial charge on any atom is -0.368 e. The predicted octanol–water partition coefficient (Wildman–Crippen LogP) is 1.58. The number of aromatic nitrogens is 2. The van der Waals surface area contributed by atoms with Crippen molar-refractivity contribution < 1.29 is 8.42 Å². The molecule has 0 spiro atoms. The average Bonchev–Trinajstić information content (AvgIpc) is 2.82. The second kappa shape index (κ2) is 6.88. The first-order valence-corrected chi connectivity index (χ1v) is 9.50. The minimum absolute atomic E-state index is 0.0359. The molecule has 1 N–H and O–H groups in total. The normalized spacial score (nSPS) is 14.5. The van der Waals surface area contributed by atoms with Crippen molar-refractivity contribution in [2.24, 2.45) is 9.98 Å². The van der Waals surface area contributed by atoms with Gasteiger partial charge in [-0.3, -0.25) is 9.98 Å². The van der Waals surface area contributed by atoms with E-state index in [9.17, 15) is 8.42 Å². The Morgan fingerprint density at radius 1 is 1.21 bits per heavy atom. The molecule has 0 bridgehead atoms. The predicted molar refractivity (Wildman–Crippen MR) is 97.6 cm³/mol. The lowest BCUT2D eigenvalue weighted by molar-refractivity contribution is 0.602. The van der Waals surface area contributed by atoms with Crippen molar-refractivity contribution in [3.63, 3.8) is 0 Å². The number of sulfone groups is 1. The van der Waals surface area contributed by atoms with Gasteiger partial charge in [0.1, 0.15) is 21.4 Å². The van der Waals surface area contributed by atoms with Crippen LogP contribution in [-0.2, 0) is 9.84 Å². The summed E-state index contributed by atoms with van der Waals surface area (Å²) >= 11 is 0. The number of fused-ring (bicyclic) bond motifs is 1. The fourth-order valence-electron chi connectivity index (χ4n) is 2.23. The number of anilines is 1. The summed E-state index contributed by atoms with van der Waals surface area (Å²) in [5.41, 5.74) is 1.38. The molecule has 2 aromatic rings. The van der Waals surface area contributed by atoms with E-state index >= 15 is 0 Å². The molecule has 1 aliphatic heterocycles. The monoisotopic (exact) mass is 343 g/mol. The van der Waals surface area contributed by atoms with Crippen molar-refractivity contribution in [2.75, 3.05) is 30.4 Å². The average molecular weight is 343 g/mol. The number of benzene rings is 1. The van der Waals surface area contributed by atoms with Crippen molar-refractivity contribution in [1.29, 1.82) is 0 Å². The third kappa shape index (κ3) is 4.02. The molecule has 8 heteroatoms. The number of rotatable bonds is 5. The molecule has 0 saturated heterocycles. The van der Waals surface area contributed by atoms with Gasteiger partial charge in [0.25, 0.3) is 0 Å². The molecular weight excluding hydrogens is 326 g/mol. The van der Waals surface area contributed by atoms with Gasteiger partial charge in [-0.05, 0) is 18.2 Å². The molecule has 0 fully saturated rings. The highest BCUT2D eigenvalue weighted by Crippen LogP contribution is 2.23. The number of nitrogens with zero attached hydrogens (tertiary/aromatic N) is 4. The molecule has 1 aromatic carbocycles. The van der Waals surface area contributed by atoms with Gasteiger partial charge in [0.15, 0.2) is 5.82 Å². The van der Waals surface area contributed by atoms with Crippen LogP contribution in [0.2, 0.25) is 0 Å². The van der Waals surface area contributed by atoms with Gasteiger partial charge in [0.05, 0.1) is 17.8 Å². The Hall–Kier alpha value is -2.61. The third-order valence-corrected chi connectivity index (χ3v) is 4.30. The van der Waals surface area contributed by atoms with Crippen molar-refractivity contribution in [3.05, 3.63) is 36.2 Å². The molecule has 2 heterocycles. The molecule has 3 rings (SSSR count). The Kier molecular flexibility index (Phi) is 4.66. The SMILES string of the molecule is CS(=O)(=O)CCNc1nc(C2=CC=NCC=N2)nc2ccccc12. The van der Waals surface area contributed by atoms with Crippen LogP contribution in [0.25, 0.3) is 16.6 Å². The molecule has 0 unspecified atom stereocenters. The smallest absolute Gasteiger partial charge is 0.180 e. The van der Waals surface area contributed by atoms with Crippen LogP contribution < -0.4 is 5.32 Å². The lowest BCUT2D eigenvalue weighted by atomic mass is 10.2. The molecule has 1 aliphatic rings. The second-order valence-corrected chi connectivity index (χ2v) is 7.61. The summed E-state index contributed by atoms with van der Waals surface area (Å²) in [6, 6.07) is 7.57. The van der Waals surface area contributed by atoms with E-state index in [2.05, 4.69) is 25.3 Å². The highest BCUT2D eigenvalue weighted by Gasteiger charge is 2.11. The first-order chi connectivity index (χ1) is 11.5. The molecule has 0 amide bonds.